The highest BCUT2D eigenvalue weighted by Gasteiger charge is 2.46. The summed E-state index contributed by atoms with van der Waals surface area (Å²) in [5.41, 5.74) is 14.3. The van der Waals surface area contributed by atoms with Crippen LogP contribution in [0.3, 0.4) is 0 Å². The van der Waals surface area contributed by atoms with Crippen LogP contribution in [-0.4, -0.2) is 15.0 Å². The Balaban J connectivity index is 0.967. The van der Waals surface area contributed by atoms with Crippen molar-refractivity contribution in [2.24, 2.45) is 0 Å². The molecule has 1 aliphatic carbocycles. The van der Waals surface area contributed by atoms with Crippen LogP contribution in [0.4, 0.5) is 0 Å². The Hall–Kier alpha value is -8.31. The third-order valence-corrected chi connectivity index (χ3v) is 14.7. The van der Waals surface area contributed by atoms with Gasteiger partial charge in [0.25, 0.3) is 0 Å². The van der Waals surface area contributed by atoms with Crippen LogP contribution in [0.1, 0.15) is 22.3 Å². The van der Waals surface area contributed by atoms with E-state index in [4.69, 9.17) is 15.0 Å². The van der Waals surface area contributed by atoms with Gasteiger partial charge in [0.1, 0.15) is 0 Å². The molecule has 308 valence electrons. The molecule has 66 heavy (non-hydrogen) atoms. The maximum Gasteiger partial charge on any atom is 0.164 e. The van der Waals surface area contributed by atoms with Gasteiger partial charge in [-0.05, 0) is 84.6 Å². The smallest absolute Gasteiger partial charge is 0.164 e. The largest absolute Gasteiger partial charge is 0.208 e. The van der Waals surface area contributed by atoms with Crippen molar-refractivity contribution < 1.29 is 0 Å². The quantitative estimate of drug-likeness (QED) is 0.160. The summed E-state index contributed by atoms with van der Waals surface area (Å²) in [6.07, 6.45) is 0. The number of thiophene rings is 1. The molecule has 0 atom stereocenters. The molecule has 0 aliphatic heterocycles. The fourth-order valence-corrected chi connectivity index (χ4v) is 11.5. The molecule has 2 aromatic heterocycles. The zero-order valence-corrected chi connectivity index (χ0v) is 36.6. The molecule has 4 heteroatoms. The molecule has 3 nitrogen and oxygen atoms in total. The molecule has 0 spiro atoms. The van der Waals surface area contributed by atoms with Gasteiger partial charge in [-0.15, -0.1) is 11.3 Å². The van der Waals surface area contributed by atoms with Gasteiger partial charge < -0.3 is 0 Å². The van der Waals surface area contributed by atoms with E-state index in [0.717, 1.165) is 27.8 Å². The summed E-state index contributed by atoms with van der Waals surface area (Å²) in [4.78, 5) is 15.9. The van der Waals surface area contributed by atoms with Gasteiger partial charge in [-0.2, -0.15) is 0 Å². The third kappa shape index (κ3) is 6.14. The van der Waals surface area contributed by atoms with Crippen LogP contribution >= 0.6 is 11.3 Å². The van der Waals surface area contributed by atoms with Gasteiger partial charge in [0.15, 0.2) is 17.5 Å². The van der Waals surface area contributed by atoms with Gasteiger partial charge in [-0.3, -0.25) is 0 Å². The fraction of sp³-hybridized carbons (Fsp3) is 0.0161. The van der Waals surface area contributed by atoms with E-state index in [2.05, 4.69) is 237 Å². The number of rotatable bonds is 7. The van der Waals surface area contributed by atoms with Crippen molar-refractivity contribution in [1.82, 2.24) is 15.0 Å². The lowest BCUT2D eigenvalue weighted by Crippen LogP contribution is -2.28. The minimum Gasteiger partial charge on any atom is -0.208 e. The van der Waals surface area contributed by atoms with Gasteiger partial charge >= 0.3 is 0 Å². The molecule has 0 saturated carbocycles. The molecule has 2 heterocycles. The Kier molecular flexibility index (Phi) is 8.93. The first-order valence-corrected chi connectivity index (χ1v) is 23.2. The molecule has 0 fully saturated rings. The van der Waals surface area contributed by atoms with Gasteiger partial charge in [0.05, 0.1) is 5.41 Å². The van der Waals surface area contributed by atoms with Crippen molar-refractivity contribution in [3.8, 4) is 67.5 Å². The molecule has 12 aromatic rings. The molecular weight excluding hydrogens is 819 g/mol. The molecule has 0 N–H and O–H groups in total. The minimum atomic E-state index is -0.547. The summed E-state index contributed by atoms with van der Waals surface area (Å²) in [6.45, 7) is 0. The summed E-state index contributed by atoms with van der Waals surface area (Å²) in [5.74, 6) is 1.88. The summed E-state index contributed by atoms with van der Waals surface area (Å²) >= 11 is 1.85. The molecule has 0 radical (unpaired) electrons. The maximum atomic E-state index is 5.32. The standard InChI is InChI=1S/C62H39N3S/c1-3-16-48(17-4-1)62(49-18-5-2-6-19-49)55-24-11-9-20-51(55)52-37-36-47(39-56(52)62)61-64-59(43-31-26-41(27-32-43)46-35-28-40-14-7-8-15-45(40)38-46)63-60(65-61)44-33-29-42(30-34-44)50-22-13-23-54-53-21-10-12-25-57(53)66-58(50)54/h1-39H. The van der Waals surface area contributed by atoms with Crippen LogP contribution in [0.2, 0.25) is 0 Å². The summed E-state index contributed by atoms with van der Waals surface area (Å²) in [6, 6.07) is 85.2. The average molecular weight is 858 g/mol. The predicted octanol–water partition coefficient (Wildman–Crippen LogP) is 16.1. The lowest BCUT2D eigenvalue weighted by Gasteiger charge is -2.34. The van der Waals surface area contributed by atoms with E-state index in [-0.39, 0.29) is 0 Å². The van der Waals surface area contributed by atoms with Crippen molar-refractivity contribution in [1.29, 1.82) is 0 Å². The monoisotopic (exact) mass is 857 g/mol. The van der Waals surface area contributed by atoms with Crippen molar-refractivity contribution in [3.05, 3.63) is 259 Å². The lowest BCUT2D eigenvalue weighted by atomic mass is 9.67. The van der Waals surface area contributed by atoms with Crippen molar-refractivity contribution in [2.75, 3.05) is 0 Å². The van der Waals surface area contributed by atoms with E-state index in [0.29, 0.717) is 17.5 Å². The SMILES string of the molecule is c1ccc(C2(c3ccccc3)c3ccccc3-c3ccc(-c4nc(-c5ccc(-c6ccc7ccccc7c6)cc5)nc(-c5ccc(-c6cccc7c6sc6ccccc67)cc5)n4)cc32)cc1. The summed E-state index contributed by atoms with van der Waals surface area (Å²) < 4.78 is 2.59. The average Bonchev–Trinajstić information content (AvgIpc) is 3.93. The van der Waals surface area contributed by atoms with Gasteiger partial charge in [-0.25, -0.2) is 15.0 Å². The molecular formula is C62H39N3S. The van der Waals surface area contributed by atoms with Gasteiger partial charge in [0.2, 0.25) is 0 Å². The van der Waals surface area contributed by atoms with Crippen molar-refractivity contribution >= 4 is 42.3 Å². The zero-order chi connectivity index (χ0) is 43.6. The highest BCUT2D eigenvalue weighted by molar-refractivity contribution is 7.26. The number of nitrogens with zero attached hydrogens (tertiary/aromatic N) is 3. The van der Waals surface area contributed by atoms with Crippen LogP contribution in [0.25, 0.3) is 98.5 Å². The van der Waals surface area contributed by atoms with E-state index in [1.165, 1.54) is 75.5 Å². The molecule has 0 saturated heterocycles. The first-order valence-electron chi connectivity index (χ1n) is 22.4. The van der Waals surface area contributed by atoms with E-state index >= 15 is 0 Å². The summed E-state index contributed by atoms with van der Waals surface area (Å²) in [7, 11) is 0. The Labute approximate surface area is 387 Å². The molecule has 10 aromatic carbocycles. The lowest BCUT2D eigenvalue weighted by molar-refractivity contribution is 0.768. The van der Waals surface area contributed by atoms with Crippen LogP contribution in [0.5, 0.6) is 0 Å². The van der Waals surface area contributed by atoms with E-state index < -0.39 is 5.41 Å². The number of aromatic nitrogens is 3. The van der Waals surface area contributed by atoms with Crippen molar-refractivity contribution in [3.63, 3.8) is 0 Å². The van der Waals surface area contributed by atoms with E-state index in [9.17, 15) is 0 Å². The van der Waals surface area contributed by atoms with Crippen LogP contribution in [-0.2, 0) is 5.41 Å². The second-order valence-electron chi connectivity index (χ2n) is 17.1. The third-order valence-electron chi connectivity index (χ3n) is 13.4. The highest BCUT2D eigenvalue weighted by atomic mass is 32.1. The molecule has 0 amide bonds. The van der Waals surface area contributed by atoms with Gasteiger partial charge in [0, 0.05) is 36.9 Å². The number of hydrogen-bond donors (Lipinski definition) is 0. The van der Waals surface area contributed by atoms with Crippen LogP contribution in [0.15, 0.2) is 237 Å². The van der Waals surface area contributed by atoms with Crippen molar-refractivity contribution in [2.45, 2.75) is 5.41 Å². The first-order chi connectivity index (χ1) is 32.7. The molecule has 13 rings (SSSR count). The summed E-state index contributed by atoms with van der Waals surface area (Å²) in [5, 5.41) is 5.04. The van der Waals surface area contributed by atoms with E-state index in [1.807, 2.05) is 11.3 Å². The number of hydrogen-bond acceptors (Lipinski definition) is 4. The normalized spacial score (nSPS) is 12.7. The zero-order valence-electron chi connectivity index (χ0n) is 35.8. The minimum absolute atomic E-state index is 0.547. The predicted molar refractivity (Wildman–Crippen MR) is 275 cm³/mol. The number of benzene rings is 10. The molecule has 0 unspecified atom stereocenters. The first kappa shape index (κ1) is 38.2. The second-order valence-corrected chi connectivity index (χ2v) is 18.1. The Bertz CT molecular complexity index is 3760. The second kappa shape index (κ2) is 15.4. The van der Waals surface area contributed by atoms with Crippen LogP contribution in [0, 0.1) is 0 Å². The molecule has 1 aliphatic rings. The van der Waals surface area contributed by atoms with Crippen LogP contribution < -0.4 is 0 Å². The Morgan fingerprint density at radius 2 is 0.818 bits per heavy atom. The molecule has 0 bridgehead atoms. The maximum absolute atomic E-state index is 5.32. The fourth-order valence-electron chi connectivity index (χ4n) is 10.3. The van der Waals surface area contributed by atoms with E-state index in [1.54, 1.807) is 0 Å². The Morgan fingerprint density at radius 1 is 0.303 bits per heavy atom. The highest BCUT2D eigenvalue weighted by Crippen LogP contribution is 2.56. The van der Waals surface area contributed by atoms with Gasteiger partial charge in [-0.1, -0.05) is 218 Å². The Morgan fingerprint density at radius 3 is 1.55 bits per heavy atom. The number of fused-ring (bicyclic) bond motifs is 7. The topological polar surface area (TPSA) is 38.7 Å².